The number of nitrogens with one attached hydrogen (secondary N) is 1. The molecule has 0 aliphatic rings. The maximum atomic E-state index is 5.54. The topological polar surface area (TPSA) is 50.9 Å². The molecule has 1 aromatic heterocycles. The van der Waals surface area contributed by atoms with E-state index in [2.05, 4.69) is 40.8 Å². The molecule has 0 spiro atoms. The van der Waals surface area contributed by atoms with Gasteiger partial charge in [-0.05, 0) is 24.0 Å². The highest BCUT2D eigenvalue weighted by atomic mass is 32.2. The fraction of sp³-hybridized carbons (Fsp3) is 0.250. The Labute approximate surface area is 109 Å². The molecule has 0 aliphatic carbocycles. The summed E-state index contributed by atoms with van der Waals surface area (Å²) < 4.78 is 0. The van der Waals surface area contributed by atoms with Gasteiger partial charge in [0.25, 0.3) is 0 Å². The van der Waals surface area contributed by atoms with Crippen molar-refractivity contribution in [3.63, 3.8) is 0 Å². The molecule has 90 valence electrons. The van der Waals surface area contributed by atoms with Crippen LogP contribution in [0.15, 0.2) is 35.4 Å². The third-order valence-corrected chi connectivity index (χ3v) is 4.08. The zero-order chi connectivity index (χ0) is 12.1. The Balaban J connectivity index is 1.92. The predicted octanol–water partition coefficient (Wildman–Crippen LogP) is 2.94. The number of hydrogen-bond donors (Lipinski definition) is 2. The zero-order valence-electron chi connectivity index (χ0n) is 9.64. The van der Waals surface area contributed by atoms with Crippen LogP contribution in [0.4, 0.5) is 5.13 Å². The van der Waals surface area contributed by atoms with Gasteiger partial charge >= 0.3 is 0 Å². The highest BCUT2D eigenvalue weighted by Crippen LogP contribution is 2.19. The van der Waals surface area contributed by atoms with Gasteiger partial charge in [-0.15, -0.1) is 23.1 Å². The van der Waals surface area contributed by atoms with Gasteiger partial charge in [-0.2, -0.15) is 0 Å². The largest absolute Gasteiger partial charge is 0.357 e. The van der Waals surface area contributed by atoms with E-state index in [1.54, 1.807) is 23.1 Å². The van der Waals surface area contributed by atoms with Crippen LogP contribution in [0.2, 0.25) is 0 Å². The third kappa shape index (κ3) is 3.46. The molecule has 0 aliphatic heterocycles. The van der Waals surface area contributed by atoms with Crippen molar-refractivity contribution in [1.82, 2.24) is 4.98 Å². The first kappa shape index (κ1) is 12.4. The van der Waals surface area contributed by atoms with Crippen LogP contribution in [-0.4, -0.2) is 11.2 Å². The summed E-state index contributed by atoms with van der Waals surface area (Å²) in [5, 5.41) is 4.23. The summed E-state index contributed by atoms with van der Waals surface area (Å²) in [6, 6.07) is 8.54. The van der Waals surface area contributed by atoms with Crippen LogP contribution in [0.25, 0.3) is 0 Å². The van der Waals surface area contributed by atoms with Gasteiger partial charge < -0.3 is 11.1 Å². The van der Waals surface area contributed by atoms with Crippen molar-refractivity contribution in [1.29, 1.82) is 0 Å². The second-order valence-corrected chi connectivity index (χ2v) is 5.53. The number of anilines is 1. The highest BCUT2D eigenvalue weighted by molar-refractivity contribution is 7.98. The lowest BCUT2D eigenvalue weighted by Crippen LogP contribution is -1.98. The van der Waals surface area contributed by atoms with Crippen LogP contribution in [0, 0.1) is 0 Å². The molecule has 2 rings (SSSR count). The molecule has 0 unspecified atom stereocenters. The molecule has 0 radical (unpaired) electrons. The van der Waals surface area contributed by atoms with Gasteiger partial charge in [0.05, 0.1) is 0 Å². The van der Waals surface area contributed by atoms with Crippen LogP contribution in [0.3, 0.4) is 0 Å². The lowest BCUT2D eigenvalue weighted by atomic mass is 10.2. The molecule has 5 heteroatoms. The van der Waals surface area contributed by atoms with E-state index in [-0.39, 0.29) is 0 Å². The molecule has 0 fully saturated rings. The SMILES string of the molecule is CSc1ccc(CNc2ncc(CN)s2)cc1. The summed E-state index contributed by atoms with van der Waals surface area (Å²) >= 11 is 3.36. The molecule has 0 saturated heterocycles. The van der Waals surface area contributed by atoms with Crippen molar-refractivity contribution in [3.05, 3.63) is 40.9 Å². The van der Waals surface area contributed by atoms with Gasteiger partial charge in [-0.3, -0.25) is 0 Å². The van der Waals surface area contributed by atoms with Crippen LogP contribution in [0.1, 0.15) is 10.4 Å². The first-order chi connectivity index (χ1) is 8.31. The van der Waals surface area contributed by atoms with Crippen molar-refractivity contribution < 1.29 is 0 Å². The molecule has 1 heterocycles. The minimum atomic E-state index is 0.557. The molecule has 0 bridgehead atoms. The Morgan fingerprint density at radius 2 is 2.12 bits per heavy atom. The molecule has 0 amide bonds. The fourth-order valence-corrected chi connectivity index (χ4v) is 2.50. The number of benzene rings is 1. The van der Waals surface area contributed by atoms with E-state index in [0.717, 1.165) is 16.6 Å². The quantitative estimate of drug-likeness (QED) is 0.816. The molecule has 1 aromatic carbocycles. The smallest absolute Gasteiger partial charge is 0.183 e. The number of rotatable bonds is 5. The summed E-state index contributed by atoms with van der Waals surface area (Å²) in [4.78, 5) is 6.65. The van der Waals surface area contributed by atoms with E-state index in [1.807, 2.05) is 6.20 Å². The summed E-state index contributed by atoms with van der Waals surface area (Å²) in [6.07, 6.45) is 3.90. The van der Waals surface area contributed by atoms with E-state index in [0.29, 0.717) is 6.54 Å². The second-order valence-electron chi connectivity index (χ2n) is 3.54. The van der Waals surface area contributed by atoms with Crippen molar-refractivity contribution >= 4 is 28.2 Å². The Morgan fingerprint density at radius 3 is 2.71 bits per heavy atom. The Bertz CT molecular complexity index is 465. The number of aromatic nitrogens is 1. The molecule has 3 N–H and O–H groups in total. The number of nitrogens with two attached hydrogens (primary N) is 1. The molecular formula is C12H15N3S2. The third-order valence-electron chi connectivity index (χ3n) is 2.36. The minimum Gasteiger partial charge on any atom is -0.357 e. The monoisotopic (exact) mass is 265 g/mol. The Morgan fingerprint density at radius 1 is 1.35 bits per heavy atom. The molecule has 0 saturated carbocycles. The van der Waals surface area contributed by atoms with E-state index < -0.39 is 0 Å². The highest BCUT2D eigenvalue weighted by Gasteiger charge is 2.00. The van der Waals surface area contributed by atoms with Crippen LogP contribution in [0.5, 0.6) is 0 Å². The normalized spacial score (nSPS) is 10.5. The van der Waals surface area contributed by atoms with Crippen LogP contribution < -0.4 is 11.1 Å². The summed E-state index contributed by atoms with van der Waals surface area (Å²) in [6.45, 7) is 1.36. The Kier molecular flexibility index (Phi) is 4.42. The standard InChI is InChI=1S/C12H15N3S2/c1-16-10-4-2-9(3-5-10)7-14-12-15-8-11(6-13)17-12/h2-5,8H,6-7,13H2,1H3,(H,14,15). The maximum Gasteiger partial charge on any atom is 0.183 e. The van der Waals surface area contributed by atoms with Crippen molar-refractivity contribution in [2.24, 2.45) is 5.73 Å². The van der Waals surface area contributed by atoms with Crippen LogP contribution in [-0.2, 0) is 13.1 Å². The van der Waals surface area contributed by atoms with Crippen LogP contribution >= 0.6 is 23.1 Å². The maximum absolute atomic E-state index is 5.54. The average molecular weight is 265 g/mol. The van der Waals surface area contributed by atoms with E-state index in [1.165, 1.54) is 10.5 Å². The molecule has 0 atom stereocenters. The molecule has 3 nitrogen and oxygen atoms in total. The van der Waals surface area contributed by atoms with Gasteiger partial charge in [0, 0.05) is 29.1 Å². The first-order valence-corrected chi connectivity index (χ1v) is 7.37. The number of nitrogens with zero attached hydrogens (tertiary/aromatic N) is 1. The fourth-order valence-electron chi connectivity index (χ4n) is 1.40. The Hall–Kier alpha value is -1.04. The zero-order valence-corrected chi connectivity index (χ0v) is 11.3. The summed E-state index contributed by atoms with van der Waals surface area (Å²) in [7, 11) is 0. The molecule has 17 heavy (non-hydrogen) atoms. The number of hydrogen-bond acceptors (Lipinski definition) is 5. The lowest BCUT2D eigenvalue weighted by molar-refractivity contribution is 1.09. The molecule has 2 aromatic rings. The van der Waals surface area contributed by atoms with Crippen molar-refractivity contribution in [3.8, 4) is 0 Å². The summed E-state index contributed by atoms with van der Waals surface area (Å²) in [5.74, 6) is 0. The van der Waals surface area contributed by atoms with E-state index in [4.69, 9.17) is 5.73 Å². The molecular weight excluding hydrogens is 250 g/mol. The number of thiazole rings is 1. The number of thioether (sulfide) groups is 1. The van der Waals surface area contributed by atoms with Gasteiger partial charge in [0.15, 0.2) is 5.13 Å². The van der Waals surface area contributed by atoms with Gasteiger partial charge in [-0.25, -0.2) is 4.98 Å². The predicted molar refractivity (Wildman–Crippen MR) is 75.6 cm³/mol. The second kappa shape index (κ2) is 6.05. The van der Waals surface area contributed by atoms with E-state index >= 15 is 0 Å². The lowest BCUT2D eigenvalue weighted by Gasteiger charge is -2.03. The van der Waals surface area contributed by atoms with Gasteiger partial charge in [0.2, 0.25) is 0 Å². The summed E-state index contributed by atoms with van der Waals surface area (Å²) in [5.41, 5.74) is 6.80. The van der Waals surface area contributed by atoms with E-state index in [9.17, 15) is 0 Å². The van der Waals surface area contributed by atoms with Crippen molar-refractivity contribution in [2.45, 2.75) is 18.0 Å². The minimum absolute atomic E-state index is 0.557. The van der Waals surface area contributed by atoms with Crippen molar-refractivity contribution in [2.75, 3.05) is 11.6 Å². The van der Waals surface area contributed by atoms with Gasteiger partial charge in [0.1, 0.15) is 0 Å². The van der Waals surface area contributed by atoms with Gasteiger partial charge in [-0.1, -0.05) is 12.1 Å². The first-order valence-electron chi connectivity index (χ1n) is 5.33. The average Bonchev–Trinajstić information content (AvgIpc) is 2.85.